The van der Waals surface area contributed by atoms with E-state index in [1.807, 2.05) is 37.8 Å². The number of methoxy groups -OCH3 is 1. The largest absolute Gasteiger partial charge is 0.491 e. The maximum Gasteiger partial charge on any atom is 0.259 e. The van der Waals surface area contributed by atoms with E-state index in [0.29, 0.717) is 60.6 Å². The van der Waals surface area contributed by atoms with Gasteiger partial charge in [0.2, 0.25) is 11.9 Å². The predicted molar refractivity (Wildman–Crippen MR) is 160 cm³/mol. The Morgan fingerprint density at radius 2 is 1.90 bits per heavy atom. The van der Waals surface area contributed by atoms with Gasteiger partial charge in [-0.3, -0.25) is 29.7 Å². The number of ether oxygens (including phenoxy) is 3. The number of aliphatic imine (C=N–C) groups is 2. The number of nitrogens with zero attached hydrogens (tertiary/aromatic N) is 5. The van der Waals surface area contributed by atoms with Gasteiger partial charge in [-0.25, -0.2) is 9.98 Å². The van der Waals surface area contributed by atoms with Crippen LogP contribution in [-0.4, -0.2) is 98.0 Å². The summed E-state index contributed by atoms with van der Waals surface area (Å²) >= 11 is 0. The van der Waals surface area contributed by atoms with Crippen LogP contribution >= 0.6 is 0 Å². The maximum absolute atomic E-state index is 13.2. The molecule has 2 N–H and O–H groups in total. The first-order chi connectivity index (χ1) is 20.3. The number of nitrogens with one attached hydrogen (secondary N) is 2. The molecule has 224 valence electrons. The molecule has 0 bridgehead atoms. The number of anilines is 1. The lowest BCUT2D eigenvalue weighted by Gasteiger charge is -2.29. The van der Waals surface area contributed by atoms with E-state index < -0.39 is 5.41 Å². The molecule has 3 aliphatic heterocycles. The van der Waals surface area contributed by atoms with Crippen molar-refractivity contribution >= 4 is 35.1 Å². The van der Waals surface area contributed by atoms with Crippen LogP contribution in [0.5, 0.6) is 11.5 Å². The fraction of sp³-hybridized carbons (Fsp3) is 0.500. The lowest BCUT2D eigenvalue weighted by atomic mass is 9.89. The summed E-state index contributed by atoms with van der Waals surface area (Å²) in [7, 11) is 1.58. The number of benzene rings is 1. The molecular weight excluding hydrogens is 538 g/mol. The Bertz CT molecular complexity index is 1370. The lowest BCUT2D eigenvalue weighted by molar-refractivity contribution is -0.124. The molecule has 0 atom stereocenters. The van der Waals surface area contributed by atoms with Crippen molar-refractivity contribution in [2.45, 2.75) is 33.6 Å². The number of pyridine rings is 1. The number of carbonyl (C=O) groups is 2. The third kappa shape index (κ3) is 6.39. The lowest BCUT2D eigenvalue weighted by Crippen LogP contribution is -2.47. The number of hydrogen-bond acceptors (Lipinski definition) is 10. The highest BCUT2D eigenvalue weighted by atomic mass is 16.5. The van der Waals surface area contributed by atoms with Crippen LogP contribution in [0.15, 0.2) is 40.4 Å². The zero-order valence-electron chi connectivity index (χ0n) is 24.7. The molecule has 2 aromatic rings. The Morgan fingerprint density at radius 1 is 1.10 bits per heavy atom. The Labute approximate surface area is 246 Å². The van der Waals surface area contributed by atoms with Crippen LogP contribution in [0.4, 0.5) is 11.5 Å². The van der Waals surface area contributed by atoms with Crippen molar-refractivity contribution in [2.24, 2.45) is 15.4 Å². The summed E-state index contributed by atoms with van der Waals surface area (Å²) in [5, 5.41) is 5.73. The van der Waals surface area contributed by atoms with Gasteiger partial charge in [0.15, 0.2) is 11.5 Å². The Kier molecular flexibility index (Phi) is 9.03. The number of guanidine groups is 1. The summed E-state index contributed by atoms with van der Waals surface area (Å²) in [6.07, 6.45) is 3.00. The van der Waals surface area contributed by atoms with E-state index in [2.05, 4.69) is 25.5 Å². The van der Waals surface area contributed by atoms with Crippen molar-refractivity contribution in [3.63, 3.8) is 0 Å². The van der Waals surface area contributed by atoms with Crippen LogP contribution in [0.25, 0.3) is 0 Å². The summed E-state index contributed by atoms with van der Waals surface area (Å²) in [6.45, 7) is 11.8. The molecule has 1 aromatic heterocycles. The smallest absolute Gasteiger partial charge is 0.259 e. The first-order valence-corrected chi connectivity index (χ1v) is 14.4. The van der Waals surface area contributed by atoms with Crippen molar-refractivity contribution in [2.75, 3.05) is 65.0 Å². The second-order valence-corrected chi connectivity index (χ2v) is 11.0. The van der Waals surface area contributed by atoms with Gasteiger partial charge in [-0.2, -0.15) is 0 Å². The molecule has 4 heterocycles. The molecule has 12 heteroatoms. The van der Waals surface area contributed by atoms with E-state index in [0.717, 1.165) is 50.7 Å². The van der Waals surface area contributed by atoms with Gasteiger partial charge in [-0.05, 0) is 37.1 Å². The molecule has 1 fully saturated rings. The second kappa shape index (κ2) is 12.9. The minimum absolute atomic E-state index is 0.125. The van der Waals surface area contributed by atoms with Crippen molar-refractivity contribution in [3.05, 3.63) is 41.6 Å². The van der Waals surface area contributed by atoms with E-state index in [9.17, 15) is 9.59 Å². The number of morpholine rings is 1. The monoisotopic (exact) mass is 577 g/mol. The summed E-state index contributed by atoms with van der Waals surface area (Å²) < 4.78 is 17.3. The number of amides is 2. The van der Waals surface area contributed by atoms with Crippen LogP contribution < -0.4 is 20.1 Å². The molecule has 5 rings (SSSR count). The van der Waals surface area contributed by atoms with Gasteiger partial charge >= 0.3 is 0 Å². The van der Waals surface area contributed by atoms with E-state index >= 15 is 0 Å². The van der Waals surface area contributed by atoms with Gasteiger partial charge in [0, 0.05) is 43.4 Å². The fourth-order valence-electron chi connectivity index (χ4n) is 4.82. The van der Waals surface area contributed by atoms with E-state index in [1.165, 1.54) is 6.20 Å². The van der Waals surface area contributed by atoms with E-state index in [1.54, 1.807) is 19.2 Å². The van der Waals surface area contributed by atoms with Crippen molar-refractivity contribution < 1.29 is 23.8 Å². The highest BCUT2D eigenvalue weighted by molar-refractivity contribution is 6.20. The molecule has 42 heavy (non-hydrogen) atoms. The average molecular weight is 578 g/mol. The summed E-state index contributed by atoms with van der Waals surface area (Å²) in [5.74, 6) is 2.05. The topological polar surface area (TPSA) is 130 Å². The highest BCUT2D eigenvalue weighted by Gasteiger charge is 2.33. The van der Waals surface area contributed by atoms with Crippen LogP contribution in [0.1, 0.15) is 49.5 Å². The van der Waals surface area contributed by atoms with Gasteiger partial charge in [0.1, 0.15) is 17.3 Å². The number of carbonyl (C=O) groups excluding carboxylic acids is 2. The second-order valence-electron chi connectivity index (χ2n) is 11.0. The standard InChI is InChI=1S/C30H39N7O5/c1-5-30(2,3)28(39)33-23-10-7-20(19-32-23)27(38)35-29-34-24-21(26-31-11-13-37(26)29)8-9-22(25(24)40-4)42-16-6-12-36-14-17-41-18-15-36/h7-10,19H,5-6,11-18H2,1-4H3,(H,32,33,39)(H,34,35,38). The van der Waals surface area contributed by atoms with Crippen molar-refractivity contribution in [3.8, 4) is 11.5 Å². The van der Waals surface area contributed by atoms with E-state index in [4.69, 9.17) is 19.2 Å². The quantitative estimate of drug-likeness (QED) is 0.412. The molecule has 0 aliphatic carbocycles. The van der Waals surface area contributed by atoms with Crippen LogP contribution in [0.2, 0.25) is 0 Å². The van der Waals surface area contributed by atoms with Gasteiger partial charge in [-0.1, -0.05) is 20.8 Å². The van der Waals surface area contributed by atoms with Crippen LogP contribution in [0.3, 0.4) is 0 Å². The SMILES string of the molecule is CCC(C)(C)C(=O)Nc1ccc(C(=O)NC2=Nc3c(ccc(OCCCN4CCOCC4)c3OC)C3=NCCN23)cn1. The molecule has 12 nitrogen and oxygen atoms in total. The minimum atomic E-state index is -0.517. The fourth-order valence-corrected chi connectivity index (χ4v) is 4.82. The Balaban J connectivity index is 1.29. The number of amidine groups is 1. The van der Waals surface area contributed by atoms with Gasteiger partial charge in [-0.15, -0.1) is 0 Å². The maximum atomic E-state index is 13.2. The number of hydrogen-bond donors (Lipinski definition) is 2. The van der Waals surface area contributed by atoms with Gasteiger partial charge in [0.25, 0.3) is 5.91 Å². The molecule has 2 amide bonds. The molecule has 0 radical (unpaired) electrons. The van der Waals surface area contributed by atoms with Crippen molar-refractivity contribution in [1.82, 2.24) is 20.1 Å². The molecule has 0 saturated carbocycles. The molecular formula is C30H39N7O5. The average Bonchev–Trinajstić information content (AvgIpc) is 3.51. The summed E-state index contributed by atoms with van der Waals surface area (Å²) in [6, 6.07) is 7.06. The first-order valence-electron chi connectivity index (χ1n) is 14.4. The minimum Gasteiger partial charge on any atom is -0.491 e. The molecule has 0 spiro atoms. The molecule has 1 saturated heterocycles. The summed E-state index contributed by atoms with van der Waals surface area (Å²) in [4.78, 5) is 43.7. The predicted octanol–water partition coefficient (Wildman–Crippen LogP) is 3.06. The normalized spacial score (nSPS) is 16.6. The van der Waals surface area contributed by atoms with E-state index in [-0.39, 0.29) is 11.8 Å². The molecule has 1 aromatic carbocycles. The Hall–Kier alpha value is -4.03. The van der Waals surface area contributed by atoms with Gasteiger partial charge < -0.3 is 19.5 Å². The summed E-state index contributed by atoms with van der Waals surface area (Å²) in [5.41, 5.74) is 1.19. The molecule has 0 unspecified atom stereocenters. The zero-order valence-corrected chi connectivity index (χ0v) is 24.7. The molecule has 3 aliphatic rings. The van der Waals surface area contributed by atoms with Crippen LogP contribution in [0, 0.1) is 5.41 Å². The van der Waals surface area contributed by atoms with Crippen molar-refractivity contribution in [1.29, 1.82) is 0 Å². The third-order valence-corrected chi connectivity index (χ3v) is 7.83. The zero-order chi connectivity index (χ0) is 29.7. The van der Waals surface area contributed by atoms with Crippen LogP contribution in [-0.2, 0) is 9.53 Å². The third-order valence-electron chi connectivity index (χ3n) is 7.83. The number of rotatable bonds is 10. The number of aromatic nitrogens is 1. The highest BCUT2D eigenvalue weighted by Crippen LogP contribution is 2.43. The number of fused-ring (bicyclic) bond motifs is 3. The van der Waals surface area contributed by atoms with Gasteiger partial charge in [0.05, 0.1) is 39.0 Å². The first kappa shape index (κ1) is 29.5. The Morgan fingerprint density at radius 3 is 2.62 bits per heavy atom.